The summed E-state index contributed by atoms with van der Waals surface area (Å²) in [4.78, 5) is 64.5. The zero-order chi connectivity index (χ0) is 59.8. The number of hydrogen-bond donors (Lipinski definition) is 0. The van der Waals surface area contributed by atoms with Gasteiger partial charge < -0.3 is 0 Å². The van der Waals surface area contributed by atoms with E-state index in [9.17, 15) is 52.9 Å². The molecule has 0 saturated carbocycles. The average molecular weight is 1160 g/mol. The van der Waals surface area contributed by atoms with Crippen LogP contribution >= 0.6 is 0 Å². The Labute approximate surface area is 493 Å². The monoisotopic (exact) mass is 1150 g/mol. The van der Waals surface area contributed by atoms with Crippen molar-refractivity contribution in [2.24, 2.45) is 0 Å². The lowest BCUT2D eigenvalue weighted by atomic mass is 9.85. The third-order valence-electron chi connectivity index (χ3n) is 16.5. The first-order valence-electron chi connectivity index (χ1n) is 29.1. The predicted molar refractivity (Wildman–Crippen MR) is 319 cm³/mol. The zero-order valence-electron chi connectivity index (χ0n) is 47.3. The summed E-state index contributed by atoms with van der Waals surface area (Å²) in [7, 11) is -6.07. The lowest BCUT2D eigenvalue weighted by molar-refractivity contribution is 0.0592. The normalized spacial score (nSPS) is 14.5. The summed E-state index contributed by atoms with van der Waals surface area (Å²) in [5.74, 6) is -2.12. The van der Waals surface area contributed by atoms with Crippen molar-refractivity contribution >= 4 is 77.2 Å². The molecule has 0 bridgehead atoms. The molecular formula is C67H62N8O7S2. The topological polar surface area (TPSA) is 230 Å². The van der Waals surface area contributed by atoms with Gasteiger partial charge in [-0.25, -0.2) is 18.1 Å². The molecule has 0 spiro atoms. The van der Waals surface area contributed by atoms with Crippen molar-refractivity contribution in [2.75, 3.05) is 13.1 Å². The Hall–Kier alpha value is -8.84. The van der Waals surface area contributed by atoms with Crippen LogP contribution in [0.1, 0.15) is 212 Å². The molecule has 1 unspecified atom stereocenters. The Morgan fingerprint density at radius 3 is 1.30 bits per heavy atom. The number of hydrogen-bond acceptors (Lipinski definition) is 11. The molecule has 0 fully saturated rings. The van der Waals surface area contributed by atoms with Gasteiger partial charge in [0.25, 0.3) is 23.6 Å². The fourth-order valence-corrected chi connectivity index (χ4v) is 15.5. The SMILES string of the molecule is [C-]#[N+]c1cc2c3c(cc(C#N)c4c3c1S(=O)(=O)c1ccc(C#N)cc1-4)C(=O)N(CCCCCCCCCCCC)C2=O.[C-]#[N+]c1cc2c3c(cc(C#N)c4c3c1S(=O)c1ccc(C#N)cc1-4)C(=O)N(CCCCCCCCCCCCC)C2=O. The van der Waals surface area contributed by atoms with Gasteiger partial charge in [0, 0.05) is 73.8 Å². The summed E-state index contributed by atoms with van der Waals surface area (Å²) in [5, 5.41) is 40.1. The van der Waals surface area contributed by atoms with Gasteiger partial charge in [-0.1, -0.05) is 136 Å². The molecule has 0 N–H and O–H groups in total. The number of benzene rings is 6. The van der Waals surface area contributed by atoms with Crippen molar-refractivity contribution in [3.05, 3.63) is 128 Å². The predicted octanol–water partition coefficient (Wildman–Crippen LogP) is 15.7. The van der Waals surface area contributed by atoms with Crippen molar-refractivity contribution in [3.63, 3.8) is 0 Å². The van der Waals surface area contributed by atoms with Crippen molar-refractivity contribution in [1.82, 2.24) is 9.80 Å². The van der Waals surface area contributed by atoms with Crippen molar-refractivity contribution in [2.45, 2.75) is 168 Å². The highest BCUT2D eigenvalue weighted by molar-refractivity contribution is 7.92. The molecule has 15 nitrogen and oxygen atoms in total. The molecule has 0 radical (unpaired) electrons. The van der Waals surface area contributed by atoms with Gasteiger partial charge >= 0.3 is 0 Å². The van der Waals surface area contributed by atoms with E-state index >= 15 is 0 Å². The number of rotatable bonds is 23. The van der Waals surface area contributed by atoms with Crippen LogP contribution in [0, 0.1) is 58.5 Å². The van der Waals surface area contributed by atoms with Gasteiger partial charge in [0.05, 0.1) is 90.1 Å². The summed E-state index contributed by atoms with van der Waals surface area (Å²) in [6.45, 7) is 20.5. The largest absolute Gasteiger partial charge is 0.274 e. The second kappa shape index (κ2) is 26.2. The number of fused-ring (bicyclic) bond motifs is 4. The lowest BCUT2D eigenvalue weighted by Crippen LogP contribution is -2.41. The molecule has 10 rings (SSSR count). The molecule has 1 atom stereocenters. The van der Waals surface area contributed by atoms with Gasteiger partial charge in [0.2, 0.25) is 11.4 Å². The third-order valence-corrected chi connectivity index (χ3v) is 19.9. The highest BCUT2D eigenvalue weighted by Crippen LogP contribution is 2.54. The third kappa shape index (κ3) is 11.0. The van der Waals surface area contributed by atoms with Gasteiger partial charge in [0.1, 0.15) is 0 Å². The van der Waals surface area contributed by atoms with Crippen LogP contribution in [-0.4, -0.2) is 59.1 Å². The summed E-state index contributed by atoms with van der Waals surface area (Å²) in [6, 6.07) is 22.7. The van der Waals surface area contributed by atoms with Gasteiger partial charge in [-0.05, 0) is 78.9 Å². The number of nitriles is 4. The van der Waals surface area contributed by atoms with E-state index in [1.165, 1.54) is 131 Å². The first-order chi connectivity index (χ1) is 40.8. The molecular weight excluding hydrogens is 1090 g/mol. The standard InChI is InChI=1S/C34H32N4O3S.C33H30N4O4S/c1-3-4-5-6-7-8-9-10-11-12-13-16-38-33(39)25-18-23(21-36)29-24-17-22(20-35)14-15-28(24)42(41)32-27(37-2)19-26(34(38)40)30(25)31(29)32;1-3-4-5-6-7-8-9-10-11-12-15-37-32(38)24-17-22(20-35)28-23-16-21(19-34)13-14-27(23)42(40,41)31-26(36-2)18-25(33(37)39)29(24)30(28)31/h14-15,17-19H,3-13,16H2,1H3;13-14,16-18H,3-12,15H2,1H3. The van der Waals surface area contributed by atoms with E-state index in [0.717, 1.165) is 43.4 Å². The lowest BCUT2D eigenvalue weighted by Gasteiger charge is -2.31. The molecule has 4 aliphatic heterocycles. The maximum Gasteiger partial charge on any atom is 0.261 e. The quantitative estimate of drug-likeness (QED) is 0.0332. The number of carbonyl (C=O) groups is 4. The maximum absolute atomic E-state index is 13.8. The molecule has 6 aromatic carbocycles. The number of carbonyl (C=O) groups excluding carboxylic acids is 4. The van der Waals surface area contributed by atoms with E-state index in [1.807, 2.05) is 6.07 Å². The van der Waals surface area contributed by atoms with Gasteiger partial charge in [-0.3, -0.25) is 33.2 Å². The van der Waals surface area contributed by atoms with Gasteiger partial charge in [-0.2, -0.15) is 21.0 Å². The molecule has 4 heterocycles. The highest BCUT2D eigenvalue weighted by Gasteiger charge is 2.43. The van der Waals surface area contributed by atoms with Crippen LogP contribution in [0.15, 0.2) is 80.2 Å². The fourth-order valence-electron chi connectivity index (χ4n) is 12.3. The number of unbranched alkanes of at least 4 members (excludes halogenated alkanes) is 19. The van der Waals surface area contributed by atoms with Crippen molar-refractivity contribution < 1.29 is 31.8 Å². The minimum atomic E-state index is -4.27. The number of nitrogens with zero attached hydrogens (tertiary/aromatic N) is 8. The minimum absolute atomic E-state index is 0.0235. The van der Waals surface area contributed by atoms with E-state index in [1.54, 1.807) is 18.2 Å². The molecule has 84 heavy (non-hydrogen) atoms. The number of amides is 4. The molecule has 6 aromatic rings. The van der Waals surface area contributed by atoms with Crippen LogP contribution in [0.5, 0.6) is 0 Å². The van der Waals surface area contributed by atoms with Crippen LogP contribution in [0.2, 0.25) is 0 Å². The Kier molecular flexibility index (Phi) is 18.6. The first-order valence-corrected chi connectivity index (χ1v) is 31.8. The van der Waals surface area contributed by atoms with Crippen LogP contribution in [0.25, 0.3) is 53.5 Å². The van der Waals surface area contributed by atoms with Crippen molar-refractivity contribution in [3.8, 4) is 46.5 Å². The molecule has 17 heteroatoms. The maximum atomic E-state index is 13.8. The van der Waals surface area contributed by atoms with Crippen LogP contribution in [0.4, 0.5) is 11.4 Å². The summed E-state index contributed by atoms with van der Waals surface area (Å²) < 4.78 is 41.5. The Morgan fingerprint density at radius 1 is 0.464 bits per heavy atom. The molecule has 424 valence electrons. The second-order valence-corrected chi connectivity index (χ2v) is 25.1. The molecule has 0 saturated heterocycles. The summed E-state index contributed by atoms with van der Waals surface area (Å²) in [5.41, 5.74) is 2.32. The van der Waals surface area contributed by atoms with E-state index in [0.29, 0.717) is 45.2 Å². The van der Waals surface area contributed by atoms with Crippen LogP contribution in [0.3, 0.4) is 0 Å². The summed E-state index contributed by atoms with van der Waals surface area (Å²) >= 11 is 0. The Balaban J connectivity index is 0.000000202. The molecule has 4 amide bonds. The van der Waals surface area contributed by atoms with Crippen LogP contribution < -0.4 is 0 Å². The molecule has 4 aliphatic rings. The van der Waals surface area contributed by atoms with Crippen LogP contribution in [-0.2, 0) is 20.6 Å². The average Bonchev–Trinajstić information content (AvgIpc) is 0.740. The van der Waals surface area contributed by atoms with E-state index < -0.39 is 44.3 Å². The number of imide groups is 2. The van der Waals surface area contributed by atoms with Gasteiger partial charge in [-0.15, -0.1) is 0 Å². The second-order valence-electron chi connectivity index (χ2n) is 21.8. The Bertz CT molecular complexity index is 4120. The smallest absolute Gasteiger partial charge is 0.261 e. The highest BCUT2D eigenvalue weighted by atomic mass is 32.2. The van der Waals surface area contributed by atoms with E-state index in [-0.39, 0.29) is 100.0 Å². The van der Waals surface area contributed by atoms with Crippen molar-refractivity contribution in [1.29, 1.82) is 21.0 Å². The fraction of sp³-hybridized carbons (Fsp3) is 0.373. The molecule has 0 aliphatic carbocycles. The Morgan fingerprint density at radius 2 is 0.857 bits per heavy atom. The minimum Gasteiger partial charge on any atom is -0.274 e. The zero-order valence-corrected chi connectivity index (χ0v) is 48.9. The molecule has 0 aromatic heterocycles. The summed E-state index contributed by atoms with van der Waals surface area (Å²) in [6.07, 6.45) is 23.7. The number of sulfone groups is 1. The van der Waals surface area contributed by atoms with E-state index in [4.69, 9.17) is 13.1 Å². The first kappa shape index (κ1) is 59.8. The van der Waals surface area contributed by atoms with Gasteiger partial charge in [0.15, 0.2) is 9.84 Å². The van der Waals surface area contributed by atoms with E-state index in [2.05, 4.69) is 41.7 Å².